The van der Waals surface area contributed by atoms with Crippen LogP contribution in [0.25, 0.3) is 11.1 Å². The highest BCUT2D eigenvalue weighted by molar-refractivity contribution is 5.80. The summed E-state index contributed by atoms with van der Waals surface area (Å²) in [4.78, 5) is 11.1. The van der Waals surface area contributed by atoms with Crippen molar-refractivity contribution in [2.24, 2.45) is 5.73 Å². The van der Waals surface area contributed by atoms with Gasteiger partial charge in [0.25, 0.3) is 5.91 Å². The largest absolute Gasteiger partial charge is 0.320 e. The fourth-order valence-corrected chi connectivity index (χ4v) is 1.89. The van der Waals surface area contributed by atoms with Crippen LogP contribution in [0.3, 0.4) is 0 Å². The smallest absolute Gasteiger partial charge is 0.260 e. The molecule has 19 heavy (non-hydrogen) atoms. The summed E-state index contributed by atoms with van der Waals surface area (Å²) in [6.07, 6.45) is 0.390. The molecule has 98 valence electrons. The van der Waals surface area contributed by atoms with Gasteiger partial charge in [0.2, 0.25) is 0 Å². The van der Waals surface area contributed by atoms with Crippen molar-refractivity contribution >= 4 is 5.91 Å². The summed E-state index contributed by atoms with van der Waals surface area (Å²) in [7, 11) is 0. The number of rotatable bonds is 4. The first-order chi connectivity index (χ1) is 9.20. The summed E-state index contributed by atoms with van der Waals surface area (Å²) in [5, 5.41) is 8.50. The molecule has 0 aliphatic heterocycles. The molecule has 0 heterocycles. The van der Waals surface area contributed by atoms with Crippen molar-refractivity contribution in [1.29, 1.82) is 0 Å². The third kappa shape index (κ3) is 3.40. The number of benzene rings is 2. The van der Waals surface area contributed by atoms with Gasteiger partial charge in [-0.15, -0.1) is 0 Å². The van der Waals surface area contributed by atoms with Gasteiger partial charge in [0.05, 0.1) is 6.04 Å². The minimum Gasteiger partial charge on any atom is -0.320 e. The fourth-order valence-electron chi connectivity index (χ4n) is 1.89. The van der Waals surface area contributed by atoms with E-state index in [-0.39, 0.29) is 0 Å². The van der Waals surface area contributed by atoms with Crippen LogP contribution in [0.5, 0.6) is 0 Å². The lowest BCUT2D eigenvalue weighted by atomic mass is 10.0. The van der Waals surface area contributed by atoms with Crippen LogP contribution in [0.2, 0.25) is 0 Å². The monoisotopic (exact) mass is 256 g/mol. The number of hydrogen-bond donors (Lipinski definition) is 3. The predicted molar refractivity (Wildman–Crippen MR) is 73.5 cm³/mol. The molecule has 0 aromatic heterocycles. The van der Waals surface area contributed by atoms with E-state index in [2.05, 4.69) is 0 Å². The lowest BCUT2D eigenvalue weighted by Gasteiger charge is -2.09. The van der Waals surface area contributed by atoms with Gasteiger partial charge in [-0.05, 0) is 23.1 Å². The Morgan fingerprint density at radius 2 is 1.63 bits per heavy atom. The van der Waals surface area contributed by atoms with Crippen LogP contribution >= 0.6 is 0 Å². The summed E-state index contributed by atoms with van der Waals surface area (Å²) in [6.45, 7) is 0. The van der Waals surface area contributed by atoms with E-state index in [0.717, 1.165) is 16.7 Å². The molecule has 2 aromatic rings. The molecule has 0 aliphatic rings. The van der Waals surface area contributed by atoms with E-state index < -0.39 is 11.9 Å². The van der Waals surface area contributed by atoms with Gasteiger partial charge >= 0.3 is 0 Å². The Hall–Kier alpha value is -2.17. The van der Waals surface area contributed by atoms with Gasteiger partial charge in [0.15, 0.2) is 0 Å². The molecule has 4 nitrogen and oxygen atoms in total. The molecule has 4 N–H and O–H groups in total. The van der Waals surface area contributed by atoms with Gasteiger partial charge in [-0.3, -0.25) is 10.0 Å². The average molecular weight is 256 g/mol. The van der Waals surface area contributed by atoms with Gasteiger partial charge in [-0.2, -0.15) is 0 Å². The molecule has 0 bridgehead atoms. The Morgan fingerprint density at radius 1 is 1.05 bits per heavy atom. The topological polar surface area (TPSA) is 75.4 Å². The van der Waals surface area contributed by atoms with Crippen molar-refractivity contribution in [1.82, 2.24) is 5.48 Å². The van der Waals surface area contributed by atoms with Crippen molar-refractivity contribution in [3.8, 4) is 11.1 Å². The van der Waals surface area contributed by atoms with Gasteiger partial charge in [-0.1, -0.05) is 54.6 Å². The zero-order valence-electron chi connectivity index (χ0n) is 10.4. The average Bonchev–Trinajstić information content (AvgIpc) is 2.48. The highest BCUT2D eigenvalue weighted by atomic mass is 16.5. The van der Waals surface area contributed by atoms with E-state index in [9.17, 15) is 4.79 Å². The maximum absolute atomic E-state index is 11.1. The summed E-state index contributed by atoms with van der Waals surface area (Å²) < 4.78 is 0. The van der Waals surface area contributed by atoms with Crippen LogP contribution < -0.4 is 11.2 Å². The van der Waals surface area contributed by atoms with Crippen LogP contribution in [-0.4, -0.2) is 17.2 Å². The quantitative estimate of drug-likeness (QED) is 0.576. The Bertz CT molecular complexity index is 538. The van der Waals surface area contributed by atoms with Crippen molar-refractivity contribution in [2.75, 3.05) is 0 Å². The van der Waals surface area contributed by atoms with Crippen LogP contribution in [0.15, 0.2) is 54.6 Å². The minimum atomic E-state index is -0.743. The lowest BCUT2D eigenvalue weighted by Crippen LogP contribution is -2.40. The Balaban J connectivity index is 2.09. The molecule has 4 heteroatoms. The van der Waals surface area contributed by atoms with E-state index in [0.29, 0.717) is 6.42 Å². The van der Waals surface area contributed by atoms with Crippen LogP contribution in [0.1, 0.15) is 5.56 Å². The van der Waals surface area contributed by atoms with E-state index in [1.54, 1.807) is 5.48 Å². The third-order valence-electron chi connectivity index (χ3n) is 2.96. The van der Waals surface area contributed by atoms with Crippen molar-refractivity contribution in [2.45, 2.75) is 12.5 Å². The van der Waals surface area contributed by atoms with Crippen molar-refractivity contribution in [3.05, 3.63) is 60.2 Å². The highest BCUT2D eigenvalue weighted by Crippen LogP contribution is 2.19. The molecule has 0 aliphatic carbocycles. The van der Waals surface area contributed by atoms with E-state index >= 15 is 0 Å². The zero-order valence-corrected chi connectivity index (χ0v) is 10.4. The normalized spacial score (nSPS) is 11.9. The first kappa shape index (κ1) is 13.3. The predicted octanol–water partition coefficient (Wildman–Crippen LogP) is 1.73. The second-order valence-electron chi connectivity index (χ2n) is 4.35. The highest BCUT2D eigenvalue weighted by Gasteiger charge is 2.12. The molecule has 0 saturated carbocycles. The first-order valence-electron chi connectivity index (χ1n) is 6.04. The van der Waals surface area contributed by atoms with Crippen LogP contribution in [0.4, 0.5) is 0 Å². The third-order valence-corrected chi connectivity index (χ3v) is 2.96. The molecule has 1 atom stereocenters. The fraction of sp³-hybridized carbons (Fsp3) is 0.133. The molecule has 0 radical (unpaired) electrons. The maximum atomic E-state index is 11.1. The summed E-state index contributed by atoms with van der Waals surface area (Å²) in [5.74, 6) is -0.577. The number of hydrogen-bond acceptors (Lipinski definition) is 3. The Labute approximate surface area is 111 Å². The number of amides is 1. The zero-order chi connectivity index (χ0) is 13.7. The number of carbonyl (C=O) groups is 1. The van der Waals surface area contributed by atoms with E-state index in [1.165, 1.54) is 0 Å². The molecule has 0 unspecified atom stereocenters. The molecule has 2 rings (SSSR count). The lowest BCUT2D eigenvalue weighted by molar-refractivity contribution is -0.130. The van der Waals surface area contributed by atoms with Gasteiger partial charge in [-0.25, -0.2) is 5.48 Å². The van der Waals surface area contributed by atoms with Crippen LogP contribution in [-0.2, 0) is 11.2 Å². The summed E-state index contributed by atoms with van der Waals surface area (Å²) >= 11 is 0. The second-order valence-corrected chi connectivity index (χ2v) is 4.35. The van der Waals surface area contributed by atoms with Gasteiger partial charge in [0.1, 0.15) is 0 Å². The molecule has 2 aromatic carbocycles. The number of nitrogens with one attached hydrogen (secondary N) is 1. The molecule has 0 spiro atoms. The Kier molecular flexibility index (Phi) is 4.28. The molecule has 0 fully saturated rings. The number of carbonyl (C=O) groups excluding carboxylic acids is 1. The first-order valence-corrected chi connectivity index (χ1v) is 6.04. The number of nitrogens with two attached hydrogens (primary N) is 1. The van der Waals surface area contributed by atoms with E-state index in [4.69, 9.17) is 10.9 Å². The van der Waals surface area contributed by atoms with Gasteiger partial charge in [0, 0.05) is 0 Å². The van der Waals surface area contributed by atoms with Gasteiger partial charge < -0.3 is 5.73 Å². The second kappa shape index (κ2) is 6.13. The molecular formula is C15H16N2O2. The van der Waals surface area contributed by atoms with Crippen molar-refractivity contribution < 1.29 is 10.0 Å². The standard InChI is InChI=1S/C15H16N2O2/c16-14(15(18)17-19)10-11-6-8-13(9-7-11)12-4-2-1-3-5-12/h1-9,14,19H,10,16H2,(H,17,18)/t14-/m0/s1. The minimum absolute atomic E-state index is 0.390. The summed E-state index contributed by atoms with van der Waals surface area (Å²) in [5.41, 5.74) is 10.4. The molecule has 1 amide bonds. The maximum Gasteiger partial charge on any atom is 0.260 e. The molecular weight excluding hydrogens is 240 g/mol. The Morgan fingerprint density at radius 3 is 2.21 bits per heavy atom. The summed E-state index contributed by atoms with van der Waals surface area (Å²) in [6, 6.07) is 17.2. The number of hydroxylamine groups is 1. The SMILES string of the molecule is N[C@@H](Cc1ccc(-c2ccccc2)cc1)C(=O)NO. The van der Waals surface area contributed by atoms with E-state index in [1.807, 2.05) is 54.6 Å². The van der Waals surface area contributed by atoms with Crippen molar-refractivity contribution in [3.63, 3.8) is 0 Å². The molecule has 0 saturated heterocycles. The van der Waals surface area contributed by atoms with Crippen LogP contribution in [0, 0.1) is 0 Å².